The highest BCUT2D eigenvalue weighted by molar-refractivity contribution is 5.88. The van der Waals surface area contributed by atoms with Gasteiger partial charge in [0, 0.05) is 14.1 Å². The van der Waals surface area contributed by atoms with Gasteiger partial charge in [0.1, 0.15) is 12.9 Å². The molecule has 1 aromatic heterocycles. The van der Waals surface area contributed by atoms with Crippen LogP contribution in [0.3, 0.4) is 0 Å². The van der Waals surface area contributed by atoms with E-state index in [9.17, 15) is 9.59 Å². The van der Waals surface area contributed by atoms with Gasteiger partial charge in [0.25, 0.3) is 11.6 Å². The van der Waals surface area contributed by atoms with Crippen molar-refractivity contribution in [3.05, 3.63) is 58.1 Å². The number of rotatable bonds is 4. The van der Waals surface area contributed by atoms with Gasteiger partial charge in [-0.3, -0.25) is 4.79 Å². The van der Waals surface area contributed by atoms with E-state index < -0.39 is 11.5 Å². The van der Waals surface area contributed by atoms with E-state index in [1.807, 2.05) is 30.3 Å². The van der Waals surface area contributed by atoms with E-state index in [0.717, 1.165) is 11.8 Å². The fourth-order valence-electron chi connectivity index (χ4n) is 1.48. The molecule has 0 aliphatic rings. The lowest BCUT2D eigenvalue weighted by molar-refractivity contribution is 0.0467. The molecule has 0 atom stereocenters. The molecule has 2 rings (SSSR count). The number of hydrogen-bond donors (Lipinski definition) is 0. The Morgan fingerprint density at radius 3 is 2.60 bits per heavy atom. The van der Waals surface area contributed by atoms with E-state index in [1.54, 1.807) is 14.1 Å². The third-order valence-electron chi connectivity index (χ3n) is 2.53. The van der Waals surface area contributed by atoms with Gasteiger partial charge in [-0.2, -0.15) is 4.98 Å². The summed E-state index contributed by atoms with van der Waals surface area (Å²) in [4.78, 5) is 28.7. The first kappa shape index (κ1) is 13.8. The molecule has 0 unspecified atom stereocenters. The molecule has 0 fully saturated rings. The summed E-state index contributed by atoms with van der Waals surface area (Å²) in [6.07, 6.45) is 1.07. The predicted molar refractivity (Wildman–Crippen MR) is 72.7 cm³/mol. The molecule has 1 aromatic carbocycles. The highest BCUT2D eigenvalue weighted by Gasteiger charge is 2.15. The Labute approximate surface area is 115 Å². The third-order valence-corrected chi connectivity index (χ3v) is 2.53. The van der Waals surface area contributed by atoms with Crippen molar-refractivity contribution in [2.45, 2.75) is 6.61 Å². The van der Waals surface area contributed by atoms with E-state index in [1.165, 1.54) is 4.90 Å². The monoisotopic (exact) mass is 274 g/mol. The van der Waals surface area contributed by atoms with Crippen molar-refractivity contribution in [1.29, 1.82) is 0 Å². The van der Waals surface area contributed by atoms with Gasteiger partial charge in [-0.25, -0.2) is 4.79 Å². The van der Waals surface area contributed by atoms with Crippen LogP contribution in [0.1, 0.15) is 15.9 Å². The minimum atomic E-state index is -0.750. The van der Waals surface area contributed by atoms with Gasteiger partial charge in [0.2, 0.25) is 0 Å². The molecule has 0 saturated carbocycles. The Morgan fingerprint density at radius 2 is 2.00 bits per heavy atom. The number of nitrogens with zero attached hydrogens (tertiary/aromatic N) is 2. The van der Waals surface area contributed by atoms with E-state index in [-0.39, 0.29) is 18.2 Å². The highest BCUT2D eigenvalue weighted by atomic mass is 16.5. The van der Waals surface area contributed by atoms with Crippen LogP contribution < -0.4 is 10.5 Å². The van der Waals surface area contributed by atoms with Gasteiger partial charge in [0.15, 0.2) is 5.56 Å². The first-order valence-corrected chi connectivity index (χ1v) is 5.96. The molecule has 2 aromatic rings. The van der Waals surface area contributed by atoms with Gasteiger partial charge in [-0.1, -0.05) is 30.3 Å². The second-order valence-corrected chi connectivity index (χ2v) is 4.31. The van der Waals surface area contributed by atoms with Crippen LogP contribution in [0, 0.1) is 0 Å². The minimum absolute atomic E-state index is 0.0918. The van der Waals surface area contributed by atoms with Gasteiger partial charge >= 0.3 is 5.97 Å². The normalized spacial score (nSPS) is 10.1. The summed E-state index contributed by atoms with van der Waals surface area (Å²) in [7, 11) is 3.36. The summed E-state index contributed by atoms with van der Waals surface area (Å²) in [5, 5.41) is 0. The topological polar surface area (TPSA) is 72.6 Å². The maximum Gasteiger partial charge on any atom is 0.347 e. The Morgan fingerprint density at radius 1 is 1.30 bits per heavy atom. The number of ether oxygens (including phenoxy) is 1. The molecule has 0 aliphatic heterocycles. The molecular weight excluding hydrogens is 260 g/mol. The molecule has 20 heavy (non-hydrogen) atoms. The van der Waals surface area contributed by atoms with Crippen LogP contribution in [0.15, 0.2) is 45.8 Å². The van der Waals surface area contributed by atoms with Crippen molar-refractivity contribution in [3.63, 3.8) is 0 Å². The Bertz CT molecular complexity index is 650. The summed E-state index contributed by atoms with van der Waals surface area (Å²) in [5.74, 6) is -0.750. The van der Waals surface area contributed by atoms with Crippen molar-refractivity contribution < 1.29 is 13.9 Å². The lowest BCUT2D eigenvalue weighted by Crippen LogP contribution is -2.22. The average molecular weight is 274 g/mol. The maximum absolute atomic E-state index is 11.8. The largest absolute Gasteiger partial charge is 0.457 e. The van der Waals surface area contributed by atoms with Crippen LogP contribution in [0.5, 0.6) is 0 Å². The molecule has 104 valence electrons. The molecule has 0 saturated heterocycles. The van der Waals surface area contributed by atoms with Gasteiger partial charge in [0.05, 0.1) is 0 Å². The minimum Gasteiger partial charge on any atom is -0.457 e. The van der Waals surface area contributed by atoms with Gasteiger partial charge in [-0.05, 0) is 5.56 Å². The van der Waals surface area contributed by atoms with E-state index in [0.29, 0.717) is 0 Å². The smallest absolute Gasteiger partial charge is 0.347 e. The highest BCUT2D eigenvalue weighted by Crippen LogP contribution is 2.07. The number of anilines is 1. The molecule has 0 bridgehead atoms. The SMILES string of the molecule is CN(C)c1nc(=O)c(C(=O)OCc2ccccc2)co1. The fourth-order valence-corrected chi connectivity index (χ4v) is 1.48. The second-order valence-electron chi connectivity index (χ2n) is 4.31. The molecule has 6 nitrogen and oxygen atoms in total. The number of carbonyl (C=O) groups is 1. The number of hydrogen-bond acceptors (Lipinski definition) is 6. The van der Waals surface area contributed by atoms with Crippen molar-refractivity contribution >= 4 is 12.0 Å². The van der Waals surface area contributed by atoms with Gasteiger partial charge in [-0.15, -0.1) is 0 Å². The maximum atomic E-state index is 11.8. The molecular formula is C14H14N2O4. The van der Waals surface area contributed by atoms with Gasteiger partial charge < -0.3 is 14.1 Å². The molecule has 0 amide bonds. The summed E-state index contributed by atoms with van der Waals surface area (Å²) in [6, 6.07) is 9.32. The van der Waals surface area contributed by atoms with Crippen molar-refractivity contribution in [2.24, 2.45) is 0 Å². The van der Waals surface area contributed by atoms with Crippen LogP contribution in [0.2, 0.25) is 0 Å². The van der Waals surface area contributed by atoms with E-state index in [4.69, 9.17) is 9.15 Å². The van der Waals surface area contributed by atoms with Crippen LogP contribution in [-0.2, 0) is 11.3 Å². The Kier molecular flexibility index (Phi) is 4.14. The number of aromatic nitrogens is 1. The van der Waals surface area contributed by atoms with Crippen LogP contribution in [0.4, 0.5) is 6.01 Å². The van der Waals surface area contributed by atoms with Crippen LogP contribution in [0.25, 0.3) is 0 Å². The molecule has 1 heterocycles. The standard InChI is InChI=1S/C14H14N2O4/c1-16(2)14-15-12(17)11(9-20-14)13(18)19-8-10-6-4-3-5-7-10/h3-7,9H,8H2,1-2H3. The summed E-state index contributed by atoms with van der Waals surface area (Å²) >= 11 is 0. The molecule has 0 radical (unpaired) electrons. The number of carbonyl (C=O) groups excluding carboxylic acids is 1. The quantitative estimate of drug-likeness (QED) is 0.786. The lowest BCUT2D eigenvalue weighted by atomic mass is 10.2. The molecule has 0 N–H and O–H groups in total. The van der Waals surface area contributed by atoms with Crippen molar-refractivity contribution in [1.82, 2.24) is 4.98 Å². The van der Waals surface area contributed by atoms with Crippen LogP contribution >= 0.6 is 0 Å². The summed E-state index contributed by atoms with van der Waals surface area (Å²) in [5.41, 5.74) is -0.0485. The molecule has 0 spiro atoms. The van der Waals surface area contributed by atoms with Crippen LogP contribution in [-0.4, -0.2) is 25.0 Å². The fraction of sp³-hybridized carbons (Fsp3) is 0.214. The Hall–Kier alpha value is -2.63. The zero-order valence-corrected chi connectivity index (χ0v) is 11.2. The third kappa shape index (κ3) is 3.23. The number of benzene rings is 1. The summed E-state index contributed by atoms with van der Waals surface area (Å²) < 4.78 is 10.1. The molecule has 6 heteroatoms. The summed E-state index contributed by atoms with van der Waals surface area (Å²) in [6.45, 7) is 0.0918. The predicted octanol–water partition coefficient (Wildman–Crippen LogP) is 1.46. The zero-order valence-electron chi connectivity index (χ0n) is 11.2. The lowest BCUT2D eigenvalue weighted by Gasteiger charge is -2.08. The average Bonchev–Trinajstić information content (AvgIpc) is 2.45. The van der Waals surface area contributed by atoms with E-state index >= 15 is 0 Å². The zero-order chi connectivity index (χ0) is 14.5. The second kappa shape index (κ2) is 6.01. The van der Waals surface area contributed by atoms with Crippen molar-refractivity contribution in [3.8, 4) is 0 Å². The Balaban J connectivity index is 2.08. The number of esters is 1. The first-order chi connectivity index (χ1) is 9.58. The van der Waals surface area contributed by atoms with Crippen molar-refractivity contribution in [2.75, 3.05) is 19.0 Å². The molecule has 0 aliphatic carbocycles. The first-order valence-electron chi connectivity index (χ1n) is 5.96. The van der Waals surface area contributed by atoms with E-state index in [2.05, 4.69) is 4.98 Å².